The third kappa shape index (κ3) is 9.15. The highest BCUT2D eigenvalue weighted by molar-refractivity contribution is 6.42. The number of hydrogen-bond donors (Lipinski definition) is 1. The van der Waals surface area contributed by atoms with Crippen LogP contribution in [0, 0.1) is 13.8 Å². The number of carbonyl (C=O) groups is 2. The molecule has 0 radical (unpaired) electrons. The summed E-state index contributed by atoms with van der Waals surface area (Å²) in [5, 5.41) is 4.16. The topological polar surface area (TPSA) is 90.0 Å². The third-order valence-electron chi connectivity index (χ3n) is 12.3. The number of nitrogens with zero attached hydrogens (tertiary/aromatic N) is 2. The molecule has 1 N–H and O–H groups in total. The maximum absolute atomic E-state index is 14.2. The zero-order valence-electron chi connectivity index (χ0n) is 34.1. The van der Waals surface area contributed by atoms with Gasteiger partial charge < -0.3 is 19.5 Å². The summed E-state index contributed by atoms with van der Waals surface area (Å²) in [6.45, 7) is 7.45. The van der Waals surface area contributed by atoms with Gasteiger partial charge in [0.1, 0.15) is 23.6 Å². The van der Waals surface area contributed by atoms with Gasteiger partial charge in [-0.2, -0.15) is 0 Å². The Hall–Kier alpha value is -4.89. The predicted octanol–water partition coefficient (Wildman–Crippen LogP) is 10.1. The van der Waals surface area contributed by atoms with Crippen molar-refractivity contribution < 1.29 is 23.8 Å². The Morgan fingerprint density at radius 1 is 0.898 bits per heavy atom. The largest absolute Gasteiger partial charge is 0.493 e. The second-order valence-corrected chi connectivity index (χ2v) is 17.0. The van der Waals surface area contributed by atoms with Gasteiger partial charge in [-0.25, -0.2) is 4.79 Å². The number of esters is 1. The molecule has 2 aliphatic heterocycles. The molecule has 1 saturated carbocycles. The summed E-state index contributed by atoms with van der Waals surface area (Å²) in [5.41, 5.74) is 11.1. The third-order valence-corrected chi connectivity index (χ3v) is 13.1. The predicted molar refractivity (Wildman–Crippen MR) is 232 cm³/mol. The number of pyridine rings is 1. The molecule has 10 heteroatoms. The van der Waals surface area contributed by atoms with E-state index in [1.54, 1.807) is 0 Å². The van der Waals surface area contributed by atoms with Crippen LogP contribution in [0.5, 0.6) is 11.5 Å². The lowest BCUT2D eigenvalue weighted by atomic mass is 9.86. The monoisotopic (exact) mass is 831 g/mol. The first-order valence-electron chi connectivity index (χ1n) is 20.7. The molecule has 8 nitrogen and oxygen atoms in total. The molecule has 306 valence electrons. The van der Waals surface area contributed by atoms with E-state index in [-0.39, 0.29) is 17.9 Å². The maximum atomic E-state index is 14.2. The van der Waals surface area contributed by atoms with Crippen LogP contribution in [0.1, 0.15) is 89.3 Å². The number of aryl methyl sites for hydroxylation is 1. The van der Waals surface area contributed by atoms with Gasteiger partial charge in [0.2, 0.25) is 5.91 Å². The van der Waals surface area contributed by atoms with Crippen molar-refractivity contribution in [3.8, 4) is 22.6 Å². The van der Waals surface area contributed by atoms with Crippen molar-refractivity contribution in [1.82, 2.24) is 15.2 Å². The van der Waals surface area contributed by atoms with Crippen molar-refractivity contribution in [2.24, 2.45) is 0 Å². The molecule has 4 atom stereocenters. The number of aromatic nitrogens is 1. The Morgan fingerprint density at radius 2 is 1.68 bits per heavy atom. The molecule has 59 heavy (non-hydrogen) atoms. The van der Waals surface area contributed by atoms with Crippen molar-refractivity contribution >= 4 is 35.1 Å². The van der Waals surface area contributed by atoms with Crippen molar-refractivity contribution in [1.29, 1.82) is 0 Å². The van der Waals surface area contributed by atoms with Gasteiger partial charge in [0.05, 0.1) is 29.8 Å². The Kier molecular flexibility index (Phi) is 12.3. The smallest absolute Gasteiger partial charge is 0.328 e. The summed E-state index contributed by atoms with van der Waals surface area (Å²) in [5.74, 6) is 1.38. The molecule has 0 bridgehead atoms. The average molecular weight is 833 g/mol. The second-order valence-electron chi connectivity index (χ2n) is 16.2. The van der Waals surface area contributed by atoms with Gasteiger partial charge in [-0.3, -0.25) is 14.7 Å². The summed E-state index contributed by atoms with van der Waals surface area (Å²) in [4.78, 5) is 34.0. The lowest BCUT2D eigenvalue weighted by molar-refractivity contribution is -0.145. The standard InChI is InChI=1S/C49H51Cl2N3O5/c1-5-46(35-12-17-42(50)43(51)25-35)59-40-15-10-32(11-16-40)34-19-21-58-47-27-36-26-45(54(39-13-14-39)28-38(36)24-37(47)23-34)48(55)53-44(49(56)57-4)22-31-6-8-33(9-7-31)41-18-20-52-30(3)29(41)2/h6-12,15-18,20,24-25,27,34,39,44-46H,5,13-14,19,21-23,26,28H2,1-4H3,(H,53,55)/t34-,44+,45+,46-/m1/s1. The number of benzene rings is 4. The van der Waals surface area contributed by atoms with Gasteiger partial charge in [0.25, 0.3) is 0 Å². The van der Waals surface area contributed by atoms with E-state index in [1.807, 2.05) is 49.5 Å². The fourth-order valence-electron chi connectivity index (χ4n) is 8.67. The van der Waals surface area contributed by atoms with E-state index in [2.05, 4.69) is 77.6 Å². The van der Waals surface area contributed by atoms with Crippen LogP contribution < -0.4 is 14.8 Å². The number of rotatable bonds is 12. The Morgan fingerprint density at radius 3 is 2.39 bits per heavy atom. The normalized spacial score (nSPS) is 18.7. The first-order valence-corrected chi connectivity index (χ1v) is 21.5. The van der Waals surface area contributed by atoms with Crippen LogP contribution in [0.3, 0.4) is 0 Å². The van der Waals surface area contributed by atoms with Crippen LogP contribution in [0.2, 0.25) is 10.0 Å². The van der Waals surface area contributed by atoms with E-state index in [1.165, 1.54) is 23.8 Å². The number of halogens is 2. The zero-order valence-corrected chi connectivity index (χ0v) is 35.6. The van der Waals surface area contributed by atoms with Crippen LogP contribution in [-0.4, -0.2) is 53.6 Å². The average Bonchev–Trinajstić information content (AvgIpc) is 4.12. The number of fused-ring (bicyclic) bond motifs is 2. The molecule has 1 fully saturated rings. The SMILES string of the molecule is CC[C@@H](Oc1ccc([C@@H]2CCOc3cc4c(cc3C2)CN(C2CC2)[C@H](C(=O)N[C@@H](Cc2ccc(-c3ccnc(C)c3C)cc2)C(=O)OC)C4)cc1)c1ccc(Cl)c(Cl)c1. The molecule has 0 saturated heterocycles. The Labute approximate surface area is 357 Å². The fourth-order valence-corrected chi connectivity index (χ4v) is 8.98. The Balaban J connectivity index is 0.949. The molecular weight excluding hydrogens is 781 g/mol. The quantitative estimate of drug-likeness (QED) is 0.125. The van der Waals surface area contributed by atoms with Gasteiger partial charge in [0.15, 0.2) is 0 Å². The van der Waals surface area contributed by atoms with Crippen molar-refractivity contribution in [2.75, 3.05) is 13.7 Å². The van der Waals surface area contributed by atoms with Crippen LogP contribution in [0.15, 0.2) is 91.1 Å². The van der Waals surface area contributed by atoms with Crippen molar-refractivity contribution in [3.63, 3.8) is 0 Å². The van der Waals surface area contributed by atoms with Crippen molar-refractivity contribution in [2.45, 2.75) is 102 Å². The van der Waals surface area contributed by atoms with E-state index >= 15 is 0 Å². The van der Waals surface area contributed by atoms with Crippen LogP contribution in [0.4, 0.5) is 0 Å². The lowest BCUT2D eigenvalue weighted by Gasteiger charge is -2.37. The number of ether oxygens (including phenoxy) is 3. The van der Waals surface area contributed by atoms with Gasteiger partial charge in [0, 0.05) is 30.9 Å². The van der Waals surface area contributed by atoms with Crippen LogP contribution >= 0.6 is 23.2 Å². The molecule has 0 spiro atoms. The molecule has 3 aliphatic rings. The minimum atomic E-state index is -0.811. The molecule has 1 aliphatic carbocycles. The first kappa shape index (κ1) is 40.9. The molecule has 1 aromatic heterocycles. The molecule has 1 amide bonds. The van der Waals surface area contributed by atoms with E-state index in [0.717, 1.165) is 82.7 Å². The highest BCUT2D eigenvalue weighted by atomic mass is 35.5. The van der Waals surface area contributed by atoms with E-state index < -0.39 is 18.1 Å². The molecule has 0 unspecified atom stereocenters. The lowest BCUT2D eigenvalue weighted by Crippen LogP contribution is -2.55. The van der Waals surface area contributed by atoms with Crippen LogP contribution in [-0.2, 0) is 40.1 Å². The number of methoxy groups -OCH3 is 1. The van der Waals surface area contributed by atoms with Crippen molar-refractivity contribution in [3.05, 3.63) is 146 Å². The molecule has 3 heterocycles. The maximum Gasteiger partial charge on any atom is 0.328 e. The van der Waals surface area contributed by atoms with E-state index in [0.29, 0.717) is 42.1 Å². The minimum absolute atomic E-state index is 0.133. The Bertz CT molecular complexity index is 2330. The number of hydrogen-bond acceptors (Lipinski definition) is 7. The molecule has 8 rings (SSSR count). The fraction of sp³-hybridized carbons (Fsp3) is 0.367. The summed E-state index contributed by atoms with van der Waals surface area (Å²) in [6.07, 6.45) is 7.23. The van der Waals surface area contributed by atoms with Gasteiger partial charge in [-0.1, -0.05) is 78.7 Å². The van der Waals surface area contributed by atoms with Gasteiger partial charge in [-0.05, 0) is 145 Å². The minimum Gasteiger partial charge on any atom is -0.493 e. The zero-order chi connectivity index (χ0) is 41.2. The molecule has 4 aromatic carbocycles. The van der Waals surface area contributed by atoms with Crippen LogP contribution in [0.25, 0.3) is 11.1 Å². The highest BCUT2D eigenvalue weighted by Gasteiger charge is 2.42. The van der Waals surface area contributed by atoms with E-state index in [9.17, 15) is 9.59 Å². The highest BCUT2D eigenvalue weighted by Crippen LogP contribution is 2.40. The molecular formula is C49H51Cl2N3O5. The van der Waals surface area contributed by atoms with Gasteiger partial charge >= 0.3 is 5.97 Å². The summed E-state index contributed by atoms with van der Waals surface area (Å²) < 4.78 is 18.0. The number of amides is 1. The van der Waals surface area contributed by atoms with Gasteiger partial charge in [-0.15, -0.1) is 0 Å². The summed E-state index contributed by atoms with van der Waals surface area (Å²) >= 11 is 12.5. The second kappa shape index (κ2) is 17.8. The summed E-state index contributed by atoms with van der Waals surface area (Å²) in [7, 11) is 1.37. The number of nitrogens with one attached hydrogen (secondary N) is 1. The molecule has 5 aromatic rings. The first-order chi connectivity index (χ1) is 28.6. The number of carbonyl (C=O) groups excluding carboxylic acids is 2. The van der Waals surface area contributed by atoms with E-state index in [4.69, 9.17) is 37.4 Å². The summed E-state index contributed by atoms with van der Waals surface area (Å²) in [6, 6.07) is 27.9.